The lowest BCUT2D eigenvalue weighted by Gasteiger charge is -2.33. The summed E-state index contributed by atoms with van der Waals surface area (Å²) >= 11 is 1.78. The van der Waals surface area contributed by atoms with Crippen molar-refractivity contribution in [1.82, 2.24) is 15.2 Å². The Morgan fingerprint density at radius 1 is 1.35 bits per heavy atom. The van der Waals surface area contributed by atoms with E-state index in [0.717, 1.165) is 6.54 Å². The van der Waals surface area contributed by atoms with Crippen molar-refractivity contribution in [3.63, 3.8) is 0 Å². The molecule has 0 unspecified atom stereocenters. The Morgan fingerprint density at radius 2 is 2.24 bits per heavy atom. The Hall–Kier alpha value is -0.450. The van der Waals surface area contributed by atoms with Crippen LogP contribution in [0.25, 0.3) is 0 Å². The summed E-state index contributed by atoms with van der Waals surface area (Å²) in [6.07, 6.45) is 8.84. The molecule has 0 amide bonds. The van der Waals surface area contributed by atoms with Crippen molar-refractivity contribution in [1.29, 1.82) is 0 Å². The third-order valence-electron chi connectivity index (χ3n) is 4.10. The van der Waals surface area contributed by atoms with Crippen molar-refractivity contribution in [2.24, 2.45) is 0 Å². The molecule has 2 aliphatic rings. The van der Waals surface area contributed by atoms with E-state index in [2.05, 4.69) is 15.2 Å². The number of hydrogen-bond acceptors (Lipinski definition) is 4. The minimum Gasteiger partial charge on any atom is -0.310 e. The predicted octanol–water partition coefficient (Wildman–Crippen LogP) is 2.25. The molecule has 0 atom stereocenters. The summed E-state index contributed by atoms with van der Waals surface area (Å²) in [7, 11) is 0. The smallest absolute Gasteiger partial charge is 0.0794 e. The van der Waals surface area contributed by atoms with Crippen molar-refractivity contribution in [3.8, 4) is 0 Å². The van der Waals surface area contributed by atoms with Crippen molar-refractivity contribution in [2.75, 3.05) is 19.6 Å². The maximum Gasteiger partial charge on any atom is 0.0794 e. The van der Waals surface area contributed by atoms with E-state index >= 15 is 0 Å². The van der Waals surface area contributed by atoms with Crippen LogP contribution in [-0.2, 0) is 6.54 Å². The molecule has 1 saturated carbocycles. The van der Waals surface area contributed by atoms with Gasteiger partial charge in [-0.3, -0.25) is 9.88 Å². The SMILES string of the molecule is c1ncc(CN2CCCNC3(CCCC3)C2)s1. The van der Waals surface area contributed by atoms with E-state index in [1.54, 1.807) is 11.3 Å². The van der Waals surface area contributed by atoms with Crippen LogP contribution in [0.4, 0.5) is 0 Å². The molecule has 1 aliphatic carbocycles. The topological polar surface area (TPSA) is 28.2 Å². The molecule has 94 valence electrons. The highest BCUT2D eigenvalue weighted by molar-refractivity contribution is 7.09. The third-order valence-corrected chi connectivity index (χ3v) is 4.87. The maximum absolute atomic E-state index is 4.18. The van der Waals surface area contributed by atoms with Gasteiger partial charge in [0.25, 0.3) is 0 Å². The molecule has 2 fully saturated rings. The van der Waals surface area contributed by atoms with E-state index in [0.29, 0.717) is 5.54 Å². The van der Waals surface area contributed by atoms with Gasteiger partial charge in [0.2, 0.25) is 0 Å². The molecule has 1 spiro atoms. The van der Waals surface area contributed by atoms with Gasteiger partial charge in [-0.05, 0) is 32.4 Å². The summed E-state index contributed by atoms with van der Waals surface area (Å²) in [5.41, 5.74) is 2.37. The maximum atomic E-state index is 4.18. The predicted molar refractivity (Wildman–Crippen MR) is 71.2 cm³/mol. The first-order valence-electron chi connectivity index (χ1n) is 6.71. The zero-order valence-electron chi connectivity index (χ0n) is 10.3. The Kier molecular flexibility index (Phi) is 3.45. The fraction of sp³-hybridized carbons (Fsp3) is 0.769. The number of hydrogen-bond donors (Lipinski definition) is 1. The summed E-state index contributed by atoms with van der Waals surface area (Å²) in [5, 5.41) is 3.81. The number of rotatable bonds is 2. The van der Waals surface area contributed by atoms with Crippen LogP contribution in [0.1, 0.15) is 37.0 Å². The average Bonchev–Trinajstić information content (AvgIpc) is 2.92. The first kappa shape index (κ1) is 11.6. The number of aromatic nitrogens is 1. The molecule has 0 radical (unpaired) electrons. The molecule has 1 aromatic rings. The molecule has 1 aliphatic heterocycles. The van der Waals surface area contributed by atoms with Gasteiger partial charge < -0.3 is 5.32 Å². The molecule has 1 N–H and O–H groups in total. The van der Waals surface area contributed by atoms with Crippen LogP contribution >= 0.6 is 11.3 Å². The second-order valence-electron chi connectivity index (χ2n) is 5.45. The molecule has 3 nitrogen and oxygen atoms in total. The molecule has 17 heavy (non-hydrogen) atoms. The zero-order valence-corrected chi connectivity index (χ0v) is 11.1. The van der Waals surface area contributed by atoms with Gasteiger partial charge in [-0.1, -0.05) is 12.8 Å². The molecule has 3 rings (SSSR count). The molecule has 1 aromatic heterocycles. The molecular weight excluding hydrogens is 230 g/mol. The number of thiazole rings is 1. The standard InChI is InChI=1S/C13H21N3S/c1-2-5-13(4-1)10-16(7-3-6-15-13)9-12-8-14-11-17-12/h8,11,15H,1-7,9-10H2. The third kappa shape index (κ3) is 2.69. The van der Waals surface area contributed by atoms with Gasteiger partial charge in [0.05, 0.1) is 5.51 Å². The van der Waals surface area contributed by atoms with Crippen LogP contribution < -0.4 is 5.32 Å². The lowest BCUT2D eigenvalue weighted by molar-refractivity contribution is 0.205. The molecule has 4 heteroatoms. The minimum atomic E-state index is 0.432. The first-order valence-corrected chi connectivity index (χ1v) is 7.59. The van der Waals surface area contributed by atoms with Gasteiger partial charge in [-0.2, -0.15) is 0 Å². The van der Waals surface area contributed by atoms with Gasteiger partial charge >= 0.3 is 0 Å². The van der Waals surface area contributed by atoms with E-state index in [1.807, 2.05) is 11.7 Å². The Bertz CT molecular complexity index is 344. The number of nitrogens with one attached hydrogen (secondary N) is 1. The Labute approximate surface area is 107 Å². The van der Waals surface area contributed by atoms with E-state index in [4.69, 9.17) is 0 Å². The quantitative estimate of drug-likeness (QED) is 0.874. The summed E-state index contributed by atoms with van der Waals surface area (Å²) in [6, 6.07) is 0. The first-order chi connectivity index (χ1) is 8.36. The van der Waals surface area contributed by atoms with E-state index in [1.165, 1.54) is 56.6 Å². The van der Waals surface area contributed by atoms with Crippen LogP contribution in [0.3, 0.4) is 0 Å². The van der Waals surface area contributed by atoms with E-state index < -0.39 is 0 Å². The van der Waals surface area contributed by atoms with Crippen molar-refractivity contribution in [3.05, 3.63) is 16.6 Å². The highest BCUT2D eigenvalue weighted by atomic mass is 32.1. The molecular formula is C13H21N3S. The fourth-order valence-corrected chi connectivity index (χ4v) is 3.92. The average molecular weight is 251 g/mol. The van der Waals surface area contributed by atoms with Crippen LogP contribution in [-0.4, -0.2) is 35.1 Å². The second-order valence-corrected chi connectivity index (χ2v) is 6.42. The van der Waals surface area contributed by atoms with Crippen molar-refractivity contribution >= 4 is 11.3 Å². The largest absolute Gasteiger partial charge is 0.310 e. The summed E-state index contributed by atoms with van der Waals surface area (Å²) in [6.45, 7) is 4.74. The van der Waals surface area contributed by atoms with Crippen molar-refractivity contribution in [2.45, 2.75) is 44.2 Å². The van der Waals surface area contributed by atoms with Gasteiger partial charge in [-0.25, -0.2) is 0 Å². The van der Waals surface area contributed by atoms with Crippen LogP contribution in [0.5, 0.6) is 0 Å². The minimum absolute atomic E-state index is 0.432. The van der Waals surface area contributed by atoms with E-state index in [-0.39, 0.29) is 0 Å². The van der Waals surface area contributed by atoms with Crippen LogP contribution in [0.2, 0.25) is 0 Å². The highest BCUT2D eigenvalue weighted by Gasteiger charge is 2.36. The fourth-order valence-electron chi connectivity index (χ4n) is 3.28. The van der Waals surface area contributed by atoms with Gasteiger partial charge in [0, 0.05) is 29.7 Å². The summed E-state index contributed by atoms with van der Waals surface area (Å²) in [5.74, 6) is 0. The Morgan fingerprint density at radius 3 is 3.00 bits per heavy atom. The lowest BCUT2D eigenvalue weighted by atomic mass is 9.97. The van der Waals surface area contributed by atoms with Gasteiger partial charge in [0.15, 0.2) is 0 Å². The van der Waals surface area contributed by atoms with Crippen LogP contribution in [0.15, 0.2) is 11.7 Å². The van der Waals surface area contributed by atoms with Gasteiger partial charge in [-0.15, -0.1) is 11.3 Å². The number of nitrogens with zero attached hydrogens (tertiary/aromatic N) is 2. The van der Waals surface area contributed by atoms with Gasteiger partial charge in [0.1, 0.15) is 0 Å². The molecule has 2 heterocycles. The van der Waals surface area contributed by atoms with Crippen molar-refractivity contribution < 1.29 is 0 Å². The molecule has 0 bridgehead atoms. The molecule has 0 aromatic carbocycles. The molecule has 1 saturated heterocycles. The van der Waals surface area contributed by atoms with Crippen LogP contribution in [0, 0.1) is 0 Å². The van der Waals surface area contributed by atoms with E-state index in [9.17, 15) is 0 Å². The Balaban J connectivity index is 1.67. The second kappa shape index (κ2) is 5.04. The summed E-state index contributed by atoms with van der Waals surface area (Å²) in [4.78, 5) is 8.20. The normalized spacial score (nSPS) is 25.2. The lowest BCUT2D eigenvalue weighted by Crippen LogP contribution is -2.49. The monoisotopic (exact) mass is 251 g/mol. The summed E-state index contributed by atoms with van der Waals surface area (Å²) < 4.78 is 0. The highest BCUT2D eigenvalue weighted by Crippen LogP contribution is 2.32. The zero-order chi connectivity index (χ0) is 11.6.